The predicted molar refractivity (Wildman–Crippen MR) is 115 cm³/mol. The van der Waals surface area contributed by atoms with Gasteiger partial charge in [-0.1, -0.05) is 0 Å². The number of rotatable bonds is 11. The normalized spacial score (nSPS) is 12.1. The van der Waals surface area contributed by atoms with Crippen molar-refractivity contribution < 1.29 is 14.6 Å². The molecule has 2 aromatic heterocycles. The number of nitrogens with one attached hydrogen (secondary N) is 2. The predicted octanol–water partition coefficient (Wildman–Crippen LogP) is -0.578. The first-order valence-corrected chi connectivity index (χ1v) is 9.85. The van der Waals surface area contributed by atoms with E-state index in [1.165, 1.54) is 11.6 Å². The highest BCUT2D eigenvalue weighted by molar-refractivity contribution is 5.71. The van der Waals surface area contributed by atoms with Gasteiger partial charge in [0.05, 0.1) is 6.33 Å². The van der Waals surface area contributed by atoms with Crippen LogP contribution < -0.4 is 26.6 Å². The van der Waals surface area contributed by atoms with E-state index in [-0.39, 0.29) is 12.2 Å². The zero-order valence-corrected chi connectivity index (χ0v) is 17.4. The lowest BCUT2D eigenvalue weighted by atomic mass is 10.3. The number of nitrogens with zero attached hydrogens (tertiary/aromatic N) is 4. The van der Waals surface area contributed by atoms with E-state index in [2.05, 4.69) is 15.6 Å². The zero-order chi connectivity index (χ0) is 22.4. The smallest absolute Gasteiger partial charge is 0.332 e. The second kappa shape index (κ2) is 10.0. The van der Waals surface area contributed by atoms with Gasteiger partial charge >= 0.3 is 5.69 Å². The number of aryl methyl sites for hydroxylation is 2. The molecule has 0 aliphatic rings. The van der Waals surface area contributed by atoms with Gasteiger partial charge in [-0.25, -0.2) is 9.78 Å². The van der Waals surface area contributed by atoms with Gasteiger partial charge in [0.2, 0.25) is 6.41 Å². The number of benzene rings is 1. The molecule has 1 amide bonds. The standard InChI is InChI=1S/C20H26N6O5/c1-24-18-17(19(29)25(2)20(24)30)26(12-22-18)9-3-8-21-10-15(28)11-31-16-6-4-14(5-7-16)23-13-27/h4-7,12-13,15,21,28H,3,8-11H2,1-2H3,(H,23,27). The molecule has 1 atom stereocenters. The van der Waals surface area contributed by atoms with E-state index in [4.69, 9.17) is 4.74 Å². The zero-order valence-electron chi connectivity index (χ0n) is 17.4. The number of hydrogen-bond donors (Lipinski definition) is 3. The van der Waals surface area contributed by atoms with E-state index in [1.54, 1.807) is 42.2 Å². The van der Waals surface area contributed by atoms with Gasteiger partial charge in [-0.15, -0.1) is 0 Å². The second-order valence-electron chi connectivity index (χ2n) is 7.13. The van der Waals surface area contributed by atoms with Gasteiger partial charge < -0.3 is 25.0 Å². The van der Waals surface area contributed by atoms with E-state index in [0.717, 1.165) is 4.57 Å². The third kappa shape index (κ3) is 5.19. The van der Waals surface area contributed by atoms with Crippen molar-refractivity contribution in [3.05, 3.63) is 51.4 Å². The van der Waals surface area contributed by atoms with Gasteiger partial charge in [0.25, 0.3) is 5.56 Å². The van der Waals surface area contributed by atoms with Crippen molar-refractivity contribution in [1.29, 1.82) is 0 Å². The molecule has 0 fully saturated rings. The number of aromatic nitrogens is 4. The molecule has 11 heteroatoms. The summed E-state index contributed by atoms with van der Waals surface area (Å²) in [5.74, 6) is 0.596. The molecule has 3 N–H and O–H groups in total. The molecular weight excluding hydrogens is 404 g/mol. The Bertz CT molecular complexity index is 1150. The highest BCUT2D eigenvalue weighted by Crippen LogP contribution is 2.15. The van der Waals surface area contributed by atoms with Crippen LogP contribution >= 0.6 is 0 Å². The van der Waals surface area contributed by atoms with Crippen LogP contribution in [-0.2, 0) is 25.4 Å². The van der Waals surface area contributed by atoms with Crippen LogP contribution in [0.4, 0.5) is 5.69 Å². The number of carbonyl (C=O) groups is 1. The van der Waals surface area contributed by atoms with E-state index in [0.29, 0.717) is 55.1 Å². The van der Waals surface area contributed by atoms with Crippen molar-refractivity contribution in [2.45, 2.75) is 19.1 Å². The Hall–Kier alpha value is -3.44. The summed E-state index contributed by atoms with van der Waals surface area (Å²) in [5, 5.41) is 15.7. The third-order valence-corrected chi connectivity index (χ3v) is 4.87. The number of fused-ring (bicyclic) bond motifs is 1. The summed E-state index contributed by atoms with van der Waals surface area (Å²) in [4.78, 5) is 39.0. The molecule has 3 rings (SSSR count). The second-order valence-corrected chi connectivity index (χ2v) is 7.13. The number of ether oxygens (including phenoxy) is 1. The molecule has 11 nitrogen and oxygen atoms in total. The van der Waals surface area contributed by atoms with Crippen LogP contribution in [0, 0.1) is 0 Å². The lowest BCUT2D eigenvalue weighted by Gasteiger charge is -2.14. The van der Waals surface area contributed by atoms with Crippen molar-refractivity contribution in [2.75, 3.05) is 25.0 Å². The van der Waals surface area contributed by atoms with Crippen molar-refractivity contribution in [3.63, 3.8) is 0 Å². The van der Waals surface area contributed by atoms with Crippen molar-refractivity contribution >= 4 is 23.3 Å². The minimum absolute atomic E-state index is 0.129. The number of hydrogen-bond acceptors (Lipinski definition) is 7. The molecule has 2 heterocycles. The summed E-state index contributed by atoms with van der Waals surface area (Å²) in [7, 11) is 3.03. The number of amides is 1. The van der Waals surface area contributed by atoms with Crippen LogP contribution in [0.1, 0.15) is 6.42 Å². The quantitative estimate of drug-likeness (QED) is 0.274. The van der Waals surface area contributed by atoms with Crippen molar-refractivity contribution in [3.8, 4) is 5.75 Å². The lowest BCUT2D eigenvalue weighted by Crippen LogP contribution is -2.37. The Morgan fingerprint density at radius 1 is 1.19 bits per heavy atom. The monoisotopic (exact) mass is 430 g/mol. The number of carbonyl (C=O) groups excluding carboxylic acids is 1. The van der Waals surface area contributed by atoms with E-state index < -0.39 is 11.8 Å². The van der Waals surface area contributed by atoms with Crippen LogP contribution in [0.25, 0.3) is 11.2 Å². The molecule has 0 aliphatic carbocycles. The fourth-order valence-corrected chi connectivity index (χ4v) is 3.18. The molecule has 0 radical (unpaired) electrons. The summed E-state index contributed by atoms with van der Waals surface area (Å²) in [6, 6.07) is 6.84. The highest BCUT2D eigenvalue weighted by Gasteiger charge is 2.14. The molecule has 1 aromatic carbocycles. The maximum atomic E-state index is 12.4. The minimum atomic E-state index is -0.691. The van der Waals surface area contributed by atoms with Gasteiger partial charge in [-0.3, -0.25) is 18.7 Å². The van der Waals surface area contributed by atoms with Gasteiger partial charge in [-0.2, -0.15) is 0 Å². The number of aliphatic hydroxyl groups excluding tert-OH is 1. The molecule has 0 bridgehead atoms. The van der Waals surface area contributed by atoms with Gasteiger partial charge in [0, 0.05) is 32.9 Å². The Morgan fingerprint density at radius 3 is 2.65 bits per heavy atom. The Balaban J connectivity index is 1.43. The molecule has 0 saturated carbocycles. The molecule has 31 heavy (non-hydrogen) atoms. The Kier molecular flexibility index (Phi) is 7.21. The van der Waals surface area contributed by atoms with Crippen molar-refractivity contribution in [2.24, 2.45) is 14.1 Å². The van der Waals surface area contributed by atoms with Crippen LogP contribution in [0.15, 0.2) is 40.2 Å². The molecule has 0 spiro atoms. The Morgan fingerprint density at radius 2 is 1.94 bits per heavy atom. The first kappa shape index (κ1) is 22.2. The maximum Gasteiger partial charge on any atom is 0.332 e. The van der Waals surface area contributed by atoms with Crippen LogP contribution in [0.2, 0.25) is 0 Å². The van der Waals surface area contributed by atoms with Gasteiger partial charge in [0.1, 0.15) is 18.5 Å². The minimum Gasteiger partial charge on any atom is -0.491 e. The van der Waals surface area contributed by atoms with Gasteiger partial charge in [0.15, 0.2) is 11.2 Å². The topological polar surface area (TPSA) is 132 Å². The largest absolute Gasteiger partial charge is 0.491 e. The van der Waals surface area contributed by atoms with E-state index in [9.17, 15) is 19.5 Å². The molecule has 3 aromatic rings. The summed E-state index contributed by atoms with van der Waals surface area (Å²) < 4.78 is 9.69. The van der Waals surface area contributed by atoms with Crippen molar-refractivity contribution in [1.82, 2.24) is 24.0 Å². The summed E-state index contributed by atoms with van der Waals surface area (Å²) in [6.45, 7) is 1.65. The SMILES string of the molecule is Cn1c(=O)c2c(ncn2CCCNCC(O)COc2ccc(NC=O)cc2)n(C)c1=O. The summed E-state index contributed by atoms with van der Waals surface area (Å²) in [5.41, 5.74) is 0.645. The third-order valence-electron chi connectivity index (χ3n) is 4.87. The molecule has 1 unspecified atom stereocenters. The van der Waals surface area contributed by atoms with E-state index in [1.807, 2.05) is 0 Å². The first-order valence-electron chi connectivity index (χ1n) is 9.85. The highest BCUT2D eigenvalue weighted by atomic mass is 16.5. The fraction of sp³-hybridized carbons (Fsp3) is 0.400. The number of imidazole rings is 1. The molecule has 0 aliphatic heterocycles. The average Bonchev–Trinajstić information content (AvgIpc) is 3.20. The number of anilines is 1. The Labute approximate surface area is 177 Å². The number of aliphatic hydroxyl groups is 1. The van der Waals surface area contributed by atoms with Crippen LogP contribution in [-0.4, -0.2) is 56.0 Å². The van der Waals surface area contributed by atoms with E-state index >= 15 is 0 Å². The van der Waals surface area contributed by atoms with Gasteiger partial charge in [-0.05, 0) is 37.2 Å². The van der Waals surface area contributed by atoms with Crippen LogP contribution in [0.3, 0.4) is 0 Å². The summed E-state index contributed by atoms with van der Waals surface area (Å²) in [6.07, 6.45) is 2.17. The molecule has 0 saturated heterocycles. The molecule has 166 valence electrons. The fourth-order valence-electron chi connectivity index (χ4n) is 3.18. The summed E-state index contributed by atoms with van der Waals surface area (Å²) >= 11 is 0. The first-order chi connectivity index (χ1) is 14.9. The molecular formula is C20H26N6O5. The van der Waals surface area contributed by atoms with Crippen LogP contribution in [0.5, 0.6) is 5.75 Å². The maximum absolute atomic E-state index is 12.4. The average molecular weight is 430 g/mol. The lowest BCUT2D eigenvalue weighted by molar-refractivity contribution is -0.105.